The lowest BCUT2D eigenvalue weighted by molar-refractivity contribution is -0.141. The number of rotatable bonds is 43. The molecule has 3 rings (SSSR count). The maximum absolute atomic E-state index is 14.6. The number of oxime groups is 1. The number of carbonyl (C=O) groups excluding carboxylic acids is 10. The summed E-state index contributed by atoms with van der Waals surface area (Å²) in [6.07, 6.45) is 4.21. The summed E-state index contributed by atoms with van der Waals surface area (Å²) in [6.45, 7) is 18.0. The molecule has 0 bridgehead atoms. The zero-order chi connectivity index (χ0) is 65.7. The van der Waals surface area contributed by atoms with Gasteiger partial charge in [-0.1, -0.05) is 69.1 Å². The number of ether oxygens (including phenoxy) is 3. The van der Waals surface area contributed by atoms with Crippen molar-refractivity contribution in [1.82, 2.24) is 46.3 Å². The van der Waals surface area contributed by atoms with Gasteiger partial charge in [-0.25, -0.2) is 4.98 Å². The molecule has 26 heteroatoms. The number of benzene rings is 1. The number of likely N-dealkylation sites (N-methyl/N-ethyl adjacent to an activating group) is 2. The van der Waals surface area contributed by atoms with Crippen LogP contribution >= 0.6 is 23.1 Å². The predicted molar refractivity (Wildman–Crippen MR) is 338 cm³/mol. The fourth-order valence-electron chi connectivity index (χ4n) is 9.38. The van der Waals surface area contributed by atoms with Crippen LogP contribution in [0.3, 0.4) is 0 Å². The van der Waals surface area contributed by atoms with Gasteiger partial charge in [-0.15, -0.1) is 11.3 Å². The zero-order valence-electron chi connectivity index (χ0n) is 54.2. The van der Waals surface area contributed by atoms with Crippen LogP contribution in [0.5, 0.6) is 0 Å². The molecule has 8 amide bonds. The van der Waals surface area contributed by atoms with E-state index in [0.717, 1.165) is 27.4 Å². The molecule has 1 aliphatic rings. The minimum atomic E-state index is -1.07. The summed E-state index contributed by atoms with van der Waals surface area (Å²) in [5.41, 5.74) is 1.48. The largest absolute Gasteiger partial charge is 0.465 e. The number of hydrogen-bond donors (Lipinski definition) is 5. The predicted octanol–water partition coefficient (Wildman–Crippen LogP) is 4.77. The van der Waals surface area contributed by atoms with Gasteiger partial charge in [0.1, 0.15) is 41.2 Å². The van der Waals surface area contributed by atoms with Gasteiger partial charge >= 0.3 is 0 Å². The summed E-state index contributed by atoms with van der Waals surface area (Å²) in [4.78, 5) is 147. The normalized spacial score (nSPS) is 16.0. The third-order valence-corrected chi connectivity index (χ3v) is 17.6. The van der Waals surface area contributed by atoms with Crippen molar-refractivity contribution in [2.45, 2.75) is 186 Å². The molecule has 1 aromatic carbocycles. The second-order valence-electron chi connectivity index (χ2n) is 23.5. The highest BCUT2D eigenvalue weighted by molar-refractivity contribution is 8.00. The van der Waals surface area contributed by atoms with Crippen LogP contribution in [-0.4, -0.2) is 206 Å². The average Bonchev–Trinajstić information content (AvgIpc) is 2.29. The van der Waals surface area contributed by atoms with Gasteiger partial charge in [-0.05, 0) is 104 Å². The molecule has 88 heavy (non-hydrogen) atoms. The Morgan fingerprint density at radius 1 is 0.898 bits per heavy atom. The molecule has 1 aromatic heterocycles. The number of Topliss-reactive ketones (excluding diaryl/α,β-unsaturated/α-hetero) is 1. The molecule has 24 nitrogen and oxygen atoms in total. The summed E-state index contributed by atoms with van der Waals surface area (Å²) in [5.74, 6) is -3.83. The monoisotopic (exact) mass is 1270 g/mol. The number of aryl methyl sites for hydroxylation is 1. The van der Waals surface area contributed by atoms with E-state index in [9.17, 15) is 47.9 Å². The highest BCUT2D eigenvalue weighted by atomic mass is 32.2. The molecular formula is C62H98N10O14S2. The minimum Gasteiger partial charge on any atom is -0.465 e. The number of likely N-dealkylation sites (tertiary alicyclic amines) is 1. The van der Waals surface area contributed by atoms with Gasteiger partial charge in [0, 0.05) is 83.4 Å². The molecule has 0 aliphatic carbocycles. The van der Waals surface area contributed by atoms with Crippen molar-refractivity contribution in [3.63, 3.8) is 0 Å². The van der Waals surface area contributed by atoms with E-state index in [1.54, 1.807) is 70.5 Å². The highest BCUT2D eigenvalue weighted by Gasteiger charge is 2.40. The van der Waals surface area contributed by atoms with E-state index < -0.39 is 64.8 Å². The maximum Gasteiger partial charge on any atom is 0.293 e. The molecule has 0 spiro atoms. The number of methoxy groups -OCH3 is 1. The average molecular weight is 1270 g/mol. The quantitative estimate of drug-likeness (QED) is 0.0196. The lowest BCUT2D eigenvalue weighted by Gasteiger charge is -2.38. The summed E-state index contributed by atoms with van der Waals surface area (Å²) in [7, 11) is 6.82. The van der Waals surface area contributed by atoms with Crippen molar-refractivity contribution in [3.05, 3.63) is 51.5 Å². The van der Waals surface area contributed by atoms with Gasteiger partial charge in [-0.2, -0.15) is 11.8 Å². The SMILES string of the molecule is CCC(C)[C@H](NC(=O)C(C)(C)N(C)C)C(=O)N(C)[C@H](CC(=NOCCC(=O)NC(C)C(=O)NC(CCCCNC(=O)CCN1C(=O)CC(SC)C1=O)C(=O)CCCOCCOC)c1nc(C(=O)N[C@@H](Cc2ccc(C)cc2)CC(C)OC=O)cs1)C(C)C. The number of nitrogens with one attached hydrogen (secondary N) is 5. The standard InChI is InChI=1S/C62H98N10O14S2/c1-15-41(5)55(68-61(82)62(8,9)70(10)11)60(81)71(12)49(39(2)3)35-47(58-67-48(37-88-58)57(79)65-45(33-42(6)85-38-73)34-44-23-21-40(4)22-24-44)69-86-30-26-53(76)64-43(7)56(78)66-46(50(74)20-18-29-84-32-31-83-13)19-16-17-27-63-52(75)25-28-72-54(77)36-51(87-14)59(72)80/h21-24,37-39,41-43,45-46,49,51,55H,15-20,25-36H2,1-14H3,(H,63,75)(H,64,76)(H,65,79)(H,66,78)(H,68,82)/t41?,42?,43?,45-,46?,49-,51?,55+/m1/s1. The number of hydrogen-bond acceptors (Lipinski definition) is 19. The van der Waals surface area contributed by atoms with Crippen molar-refractivity contribution in [1.29, 1.82) is 0 Å². The zero-order valence-corrected chi connectivity index (χ0v) is 55.8. The Hall–Kier alpha value is -6.35. The number of ketones is 1. The summed E-state index contributed by atoms with van der Waals surface area (Å²) >= 11 is 2.44. The van der Waals surface area contributed by atoms with Gasteiger partial charge < -0.3 is 50.5 Å². The topological polar surface area (TPSA) is 303 Å². The first kappa shape index (κ1) is 75.9. The van der Waals surface area contributed by atoms with Crippen molar-refractivity contribution in [2.24, 2.45) is 17.0 Å². The van der Waals surface area contributed by atoms with E-state index in [1.165, 1.54) is 18.7 Å². The lowest BCUT2D eigenvalue weighted by atomic mass is 9.92. The first-order valence-corrected chi connectivity index (χ1v) is 32.5. The minimum absolute atomic E-state index is 0.00582. The Bertz CT molecular complexity index is 2630. The van der Waals surface area contributed by atoms with Crippen molar-refractivity contribution in [3.8, 4) is 0 Å². The fraction of sp³-hybridized carbons (Fsp3) is 0.677. The molecular weight excluding hydrogens is 1170 g/mol. The van der Waals surface area contributed by atoms with Crippen molar-refractivity contribution < 1.29 is 67.0 Å². The molecule has 1 saturated heterocycles. The number of aromatic nitrogens is 1. The second-order valence-corrected chi connectivity index (χ2v) is 25.4. The first-order chi connectivity index (χ1) is 41.7. The number of nitrogens with zero attached hydrogens (tertiary/aromatic N) is 5. The number of imide groups is 1. The molecule has 2 aromatic rings. The van der Waals surface area contributed by atoms with Crippen molar-refractivity contribution >= 4 is 88.3 Å². The second kappa shape index (κ2) is 38.9. The number of unbranched alkanes of at least 4 members (excludes halogenated alkanes) is 1. The summed E-state index contributed by atoms with van der Waals surface area (Å²) < 4.78 is 15.7. The number of amides is 8. The third-order valence-electron chi connectivity index (χ3n) is 15.8. The van der Waals surface area contributed by atoms with E-state index >= 15 is 0 Å². The van der Waals surface area contributed by atoms with E-state index in [4.69, 9.17) is 24.0 Å². The van der Waals surface area contributed by atoms with Crippen LogP contribution in [0.2, 0.25) is 0 Å². The van der Waals surface area contributed by atoms with Crippen molar-refractivity contribution in [2.75, 3.05) is 74.0 Å². The molecule has 1 aliphatic heterocycles. The smallest absolute Gasteiger partial charge is 0.293 e. The van der Waals surface area contributed by atoms with Crippen LogP contribution in [0.15, 0.2) is 34.8 Å². The first-order valence-electron chi connectivity index (χ1n) is 30.4. The molecule has 492 valence electrons. The maximum atomic E-state index is 14.6. The van der Waals surface area contributed by atoms with E-state index in [1.807, 2.05) is 58.9 Å². The number of thioether (sulfide) groups is 1. The Morgan fingerprint density at radius 2 is 1.60 bits per heavy atom. The van der Waals surface area contributed by atoms with E-state index in [0.29, 0.717) is 69.8 Å². The van der Waals surface area contributed by atoms with Crippen LogP contribution in [0.25, 0.3) is 0 Å². The molecule has 2 heterocycles. The third kappa shape index (κ3) is 25.3. The Kier molecular flexibility index (Phi) is 33.6. The van der Waals surface area contributed by atoms with E-state index in [-0.39, 0.29) is 117 Å². The molecule has 1 fully saturated rings. The molecule has 0 saturated carbocycles. The van der Waals surface area contributed by atoms with Gasteiger partial charge in [0.05, 0.1) is 36.5 Å². The summed E-state index contributed by atoms with van der Waals surface area (Å²) in [6, 6.07) is 4.07. The Labute approximate surface area is 528 Å². The van der Waals surface area contributed by atoms with Crippen LogP contribution < -0.4 is 26.6 Å². The van der Waals surface area contributed by atoms with E-state index in [2.05, 4.69) is 31.7 Å². The summed E-state index contributed by atoms with van der Waals surface area (Å²) in [5, 5.41) is 20.3. The number of thiazole rings is 1. The van der Waals surface area contributed by atoms with Gasteiger partial charge in [0.25, 0.3) is 12.4 Å². The van der Waals surface area contributed by atoms with Crippen LogP contribution in [0.4, 0.5) is 0 Å². The van der Waals surface area contributed by atoms with Gasteiger partial charge in [0.2, 0.25) is 41.4 Å². The molecule has 5 N–H and O–H groups in total. The Morgan fingerprint density at radius 3 is 2.23 bits per heavy atom. The van der Waals surface area contributed by atoms with Gasteiger partial charge in [-0.3, -0.25) is 57.7 Å². The molecule has 8 atom stereocenters. The fourth-order valence-corrected chi connectivity index (χ4v) is 10.8. The number of carbonyl (C=O) groups is 10. The van der Waals surface area contributed by atoms with Crippen LogP contribution in [0.1, 0.15) is 153 Å². The van der Waals surface area contributed by atoms with Gasteiger partial charge in [0.15, 0.2) is 5.78 Å². The highest BCUT2D eigenvalue weighted by Crippen LogP contribution is 2.25. The molecule has 0 radical (unpaired) electrons. The lowest BCUT2D eigenvalue weighted by Crippen LogP contribution is -2.60. The van der Waals surface area contributed by atoms with Crippen LogP contribution in [0, 0.1) is 18.8 Å². The molecule has 5 unspecified atom stereocenters. The Balaban J connectivity index is 1.81. The van der Waals surface area contributed by atoms with Crippen LogP contribution in [-0.2, 0) is 68.6 Å².